The molecule has 0 bridgehead atoms. The summed E-state index contributed by atoms with van der Waals surface area (Å²) in [4.78, 5) is 15.6. The Balaban J connectivity index is 1.62. The number of nitrogens with zero attached hydrogens (tertiary/aromatic N) is 2. The van der Waals surface area contributed by atoms with Gasteiger partial charge in [-0.15, -0.1) is 0 Å². The maximum absolute atomic E-state index is 13.5. The molecule has 0 saturated carbocycles. The van der Waals surface area contributed by atoms with Crippen LogP contribution in [0.5, 0.6) is 5.75 Å². The van der Waals surface area contributed by atoms with Crippen molar-refractivity contribution in [3.05, 3.63) is 59.2 Å². The summed E-state index contributed by atoms with van der Waals surface area (Å²) in [6, 6.07) is 12.8. The molecule has 0 aliphatic carbocycles. The van der Waals surface area contributed by atoms with E-state index in [0.717, 1.165) is 49.0 Å². The van der Waals surface area contributed by atoms with Crippen LogP contribution >= 0.6 is 0 Å². The number of piperidine rings is 1. The van der Waals surface area contributed by atoms with Crippen LogP contribution in [0.4, 0.5) is 0 Å². The van der Waals surface area contributed by atoms with E-state index in [9.17, 15) is 13.2 Å². The lowest BCUT2D eigenvalue weighted by Gasteiger charge is -2.28. The molecule has 7 heteroatoms. The maximum Gasteiger partial charge on any atom is 0.254 e. The standard InChI is InChI=1S/C24H30N2O4S/c1-18-8-13-21(31(28,29)25-14-4-3-5-15-25)17-22(18)24(27)26-16-6-7-23(26)19-9-11-20(30-2)12-10-19/h8-13,17,23H,3-7,14-16H2,1-2H3. The molecule has 6 nitrogen and oxygen atoms in total. The van der Waals surface area contributed by atoms with Gasteiger partial charge in [0.15, 0.2) is 0 Å². The van der Waals surface area contributed by atoms with Crippen molar-refractivity contribution >= 4 is 15.9 Å². The van der Waals surface area contributed by atoms with Gasteiger partial charge in [-0.05, 0) is 68.0 Å². The van der Waals surface area contributed by atoms with Gasteiger partial charge >= 0.3 is 0 Å². The Morgan fingerprint density at radius 2 is 1.68 bits per heavy atom. The predicted molar refractivity (Wildman–Crippen MR) is 120 cm³/mol. The van der Waals surface area contributed by atoms with Crippen molar-refractivity contribution in [3.63, 3.8) is 0 Å². The van der Waals surface area contributed by atoms with Crippen molar-refractivity contribution in [1.29, 1.82) is 0 Å². The molecule has 31 heavy (non-hydrogen) atoms. The zero-order valence-corrected chi connectivity index (χ0v) is 19.0. The van der Waals surface area contributed by atoms with Crippen LogP contribution in [0.2, 0.25) is 0 Å². The first-order chi connectivity index (χ1) is 14.9. The van der Waals surface area contributed by atoms with Crippen LogP contribution in [-0.2, 0) is 10.0 Å². The summed E-state index contributed by atoms with van der Waals surface area (Å²) in [6.45, 7) is 3.62. The van der Waals surface area contributed by atoms with E-state index in [4.69, 9.17) is 4.74 Å². The third-order valence-electron chi connectivity index (χ3n) is 6.41. The van der Waals surface area contributed by atoms with Gasteiger partial charge in [0.2, 0.25) is 10.0 Å². The van der Waals surface area contributed by atoms with Crippen molar-refractivity contribution in [2.24, 2.45) is 0 Å². The van der Waals surface area contributed by atoms with Gasteiger partial charge in [-0.2, -0.15) is 4.31 Å². The molecule has 2 aliphatic rings. The summed E-state index contributed by atoms with van der Waals surface area (Å²) in [5.41, 5.74) is 2.34. The molecule has 0 N–H and O–H groups in total. The molecule has 2 saturated heterocycles. The molecule has 2 aromatic carbocycles. The van der Waals surface area contributed by atoms with Crippen LogP contribution in [0.3, 0.4) is 0 Å². The van der Waals surface area contributed by atoms with Gasteiger partial charge in [0, 0.05) is 25.2 Å². The molecule has 1 atom stereocenters. The van der Waals surface area contributed by atoms with Crippen LogP contribution in [0, 0.1) is 6.92 Å². The fourth-order valence-corrected chi connectivity index (χ4v) is 6.13. The zero-order valence-electron chi connectivity index (χ0n) is 18.2. The monoisotopic (exact) mass is 442 g/mol. The molecule has 1 amide bonds. The normalized spacial score (nSPS) is 20.1. The fraction of sp³-hybridized carbons (Fsp3) is 0.458. The minimum Gasteiger partial charge on any atom is -0.497 e. The summed E-state index contributed by atoms with van der Waals surface area (Å²) >= 11 is 0. The summed E-state index contributed by atoms with van der Waals surface area (Å²) < 4.78 is 33.1. The van der Waals surface area contributed by atoms with Gasteiger partial charge in [-0.25, -0.2) is 8.42 Å². The van der Waals surface area contributed by atoms with Crippen molar-refractivity contribution in [2.45, 2.75) is 50.0 Å². The number of rotatable bonds is 5. The molecular formula is C24H30N2O4S. The molecule has 2 heterocycles. The Morgan fingerprint density at radius 1 is 0.968 bits per heavy atom. The Hall–Kier alpha value is -2.38. The SMILES string of the molecule is COc1ccc(C2CCCN2C(=O)c2cc(S(=O)(=O)N3CCCCC3)ccc2C)cc1. The lowest BCUT2D eigenvalue weighted by atomic mass is 10.0. The van der Waals surface area contributed by atoms with Crippen molar-refractivity contribution in [3.8, 4) is 5.75 Å². The van der Waals surface area contributed by atoms with E-state index in [0.29, 0.717) is 25.2 Å². The number of benzene rings is 2. The summed E-state index contributed by atoms with van der Waals surface area (Å²) in [5, 5.41) is 0. The van der Waals surface area contributed by atoms with Gasteiger partial charge in [0.25, 0.3) is 5.91 Å². The number of hydrogen-bond acceptors (Lipinski definition) is 4. The lowest BCUT2D eigenvalue weighted by molar-refractivity contribution is 0.0734. The first kappa shape index (κ1) is 21.8. The number of aryl methyl sites for hydroxylation is 1. The van der Waals surface area contributed by atoms with E-state index in [1.54, 1.807) is 29.6 Å². The molecule has 2 aromatic rings. The molecular weight excluding hydrogens is 412 g/mol. The summed E-state index contributed by atoms with van der Waals surface area (Å²) in [6.07, 6.45) is 4.64. The Labute approximate surface area is 184 Å². The van der Waals surface area contributed by atoms with Gasteiger partial charge in [0.1, 0.15) is 5.75 Å². The van der Waals surface area contributed by atoms with Gasteiger partial charge in [0.05, 0.1) is 18.0 Å². The number of carbonyl (C=O) groups excluding carboxylic acids is 1. The van der Waals surface area contributed by atoms with E-state index in [2.05, 4.69) is 0 Å². The minimum absolute atomic E-state index is 0.0137. The summed E-state index contributed by atoms with van der Waals surface area (Å²) in [7, 11) is -1.95. The van der Waals surface area contributed by atoms with E-state index in [1.165, 1.54) is 0 Å². The topological polar surface area (TPSA) is 66.9 Å². The van der Waals surface area contributed by atoms with E-state index in [-0.39, 0.29) is 16.8 Å². The van der Waals surface area contributed by atoms with Crippen molar-refractivity contribution < 1.29 is 17.9 Å². The van der Waals surface area contributed by atoms with E-state index in [1.807, 2.05) is 36.1 Å². The maximum atomic E-state index is 13.5. The number of sulfonamides is 1. The van der Waals surface area contributed by atoms with Crippen LogP contribution in [0.1, 0.15) is 59.6 Å². The minimum atomic E-state index is -3.58. The smallest absolute Gasteiger partial charge is 0.254 e. The molecule has 2 aliphatic heterocycles. The quantitative estimate of drug-likeness (QED) is 0.698. The van der Waals surface area contributed by atoms with Crippen LogP contribution in [0.15, 0.2) is 47.4 Å². The average molecular weight is 443 g/mol. The first-order valence-corrected chi connectivity index (χ1v) is 12.4. The second-order valence-electron chi connectivity index (χ2n) is 8.37. The van der Waals surface area contributed by atoms with Crippen molar-refractivity contribution in [2.75, 3.05) is 26.7 Å². The number of hydrogen-bond donors (Lipinski definition) is 0. The third kappa shape index (κ3) is 4.34. The number of ether oxygens (including phenoxy) is 1. The van der Waals surface area contributed by atoms with Gasteiger partial charge in [-0.1, -0.05) is 24.6 Å². The van der Waals surface area contributed by atoms with Crippen LogP contribution < -0.4 is 4.74 Å². The number of carbonyl (C=O) groups is 1. The Bertz CT molecular complexity index is 1040. The average Bonchev–Trinajstić information content (AvgIpc) is 3.29. The molecule has 1 unspecified atom stereocenters. The highest BCUT2D eigenvalue weighted by molar-refractivity contribution is 7.89. The van der Waals surface area contributed by atoms with Crippen LogP contribution in [0.25, 0.3) is 0 Å². The Kier molecular flexibility index (Phi) is 6.34. The molecule has 0 radical (unpaired) electrons. The lowest BCUT2D eigenvalue weighted by Crippen LogP contribution is -2.36. The van der Waals surface area contributed by atoms with Gasteiger partial charge < -0.3 is 9.64 Å². The highest BCUT2D eigenvalue weighted by Gasteiger charge is 2.33. The fourth-order valence-electron chi connectivity index (χ4n) is 4.58. The van der Waals surface area contributed by atoms with Gasteiger partial charge in [-0.3, -0.25) is 4.79 Å². The zero-order chi connectivity index (χ0) is 22.0. The highest BCUT2D eigenvalue weighted by atomic mass is 32.2. The largest absolute Gasteiger partial charge is 0.497 e. The highest BCUT2D eigenvalue weighted by Crippen LogP contribution is 2.35. The molecule has 166 valence electrons. The molecule has 4 rings (SSSR count). The molecule has 0 aromatic heterocycles. The Morgan fingerprint density at radius 3 is 2.35 bits per heavy atom. The number of methoxy groups -OCH3 is 1. The number of likely N-dealkylation sites (tertiary alicyclic amines) is 1. The van der Waals surface area contributed by atoms with E-state index < -0.39 is 10.0 Å². The summed E-state index contributed by atoms with van der Waals surface area (Å²) in [5.74, 6) is 0.678. The predicted octanol–water partition coefficient (Wildman–Crippen LogP) is 4.16. The van der Waals surface area contributed by atoms with Crippen molar-refractivity contribution in [1.82, 2.24) is 9.21 Å². The second-order valence-corrected chi connectivity index (χ2v) is 10.3. The number of amides is 1. The first-order valence-electron chi connectivity index (χ1n) is 11.0. The van der Waals surface area contributed by atoms with E-state index >= 15 is 0 Å². The van der Waals surface area contributed by atoms with Crippen LogP contribution in [-0.4, -0.2) is 50.3 Å². The molecule has 0 spiro atoms. The third-order valence-corrected chi connectivity index (χ3v) is 8.30. The molecule has 2 fully saturated rings. The second kappa shape index (κ2) is 9.01.